The lowest BCUT2D eigenvalue weighted by molar-refractivity contribution is 0.442. The Morgan fingerprint density at radius 1 is 1.00 bits per heavy atom. The Hall–Kier alpha value is -2.18. The van der Waals surface area contributed by atoms with Crippen molar-refractivity contribution < 1.29 is 4.74 Å². The summed E-state index contributed by atoms with van der Waals surface area (Å²) in [7, 11) is 0. The van der Waals surface area contributed by atoms with E-state index in [0.717, 1.165) is 0 Å². The Bertz CT molecular complexity index is 366. The number of nitrogens with two attached hydrogens (primary N) is 2. The minimum absolute atomic E-state index is 0.351. The Morgan fingerprint density at radius 2 is 1.46 bits per heavy atom. The van der Waals surface area contributed by atoms with Gasteiger partial charge in [-0.1, -0.05) is 0 Å². The van der Waals surface area contributed by atoms with Crippen LogP contribution in [0.3, 0.4) is 0 Å². The summed E-state index contributed by atoms with van der Waals surface area (Å²) in [6.07, 6.45) is 0. The summed E-state index contributed by atoms with van der Waals surface area (Å²) in [5.74, 6) is 1.56. The first kappa shape index (κ1) is 7.47. The highest BCUT2D eigenvalue weighted by atomic mass is 16.5. The fraction of sp³-hybridized carbons (Fsp3) is 0. The number of nitrogens with one attached hydrogen (secondary N) is 2. The number of nitrogens with zero attached hydrogens (tertiary/aromatic N) is 2. The van der Waals surface area contributed by atoms with Gasteiger partial charge in [0, 0.05) is 12.1 Å². The van der Waals surface area contributed by atoms with Crippen LogP contribution in [0.5, 0.6) is 11.8 Å². The largest absolute Gasteiger partial charge is 0.417 e. The third-order valence-corrected chi connectivity index (χ3v) is 1.36. The molecule has 6 N–H and O–H groups in total. The van der Waals surface area contributed by atoms with Gasteiger partial charge in [-0.05, 0) is 0 Å². The van der Waals surface area contributed by atoms with Crippen LogP contribution >= 0.6 is 0 Å². The average Bonchev–Trinajstić information content (AvgIpc) is 2.62. The minimum atomic E-state index is 0.351. The molecule has 0 amide bonds. The summed E-state index contributed by atoms with van der Waals surface area (Å²) in [6.45, 7) is 0. The average molecular weight is 180 g/mol. The Kier molecular flexibility index (Phi) is 1.55. The van der Waals surface area contributed by atoms with Crippen LogP contribution < -0.4 is 16.2 Å². The van der Waals surface area contributed by atoms with Crippen molar-refractivity contribution >= 4 is 11.6 Å². The number of ether oxygens (including phenoxy) is 1. The second kappa shape index (κ2) is 2.70. The molecule has 0 radical (unpaired) electrons. The SMILES string of the molecule is Nc1cc(Oc2cc(N)[nH]n2)n[nH]1. The zero-order valence-electron chi connectivity index (χ0n) is 6.61. The molecule has 68 valence electrons. The molecule has 0 aliphatic rings. The summed E-state index contributed by atoms with van der Waals surface area (Å²) in [4.78, 5) is 0. The summed E-state index contributed by atoms with van der Waals surface area (Å²) >= 11 is 0. The monoisotopic (exact) mass is 180 g/mol. The molecule has 2 aromatic rings. The van der Waals surface area contributed by atoms with Crippen LogP contribution in [0.15, 0.2) is 12.1 Å². The molecule has 0 aliphatic carbocycles. The van der Waals surface area contributed by atoms with Crippen molar-refractivity contribution in [1.29, 1.82) is 0 Å². The van der Waals surface area contributed by atoms with E-state index in [1.54, 1.807) is 12.1 Å². The lowest BCUT2D eigenvalue weighted by Gasteiger charge is -1.92. The molecule has 0 saturated heterocycles. The summed E-state index contributed by atoms with van der Waals surface area (Å²) in [5, 5.41) is 12.6. The first-order valence-electron chi connectivity index (χ1n) is 3.53. The highest BCUT2D eigenvalue weighted by molar-refractivity contribution is 5.36. The lowest BCUT2D eigenvalue weighted by Crippen LogP contribution is -1.83. The standard InChI is InChI=1S/C6H8N6O/c7-3-1-5(11-9-3)13-6-2-4(8)10-12-6/h1-2H,(H3,7,9,11)(H3,8,10,12). The molecule has 0 atom stereocenters. The van der Waals surface area contributed by atoms with Crippen molar-refractivity contribution in [3.63, 3.8) is 0 Å². The zero-order chi connectivity index (χ0) is 9.26. The van der Waals surface area contributed by atoms with Crippen molar-refractivity contribution in [1.82, 2.24) is 20.4 Å². The van der Waals surface area contributed by atoms with Gasteiger partial charge in [-0.15, -0.1) is 10.2 Å². The number of nitrogen functional groups attached to an aromatic ring is 2. The van der Waals surface area contributed by atoms with E-state index in [2.05, 4.69) is 20.4 Å². The third kappa shape index (κ3) is 1.53. The van der Waals surface area contributed by atoms with Crippen LogP contribution in [0.4, 0.5) is 11.6 Å². The van der Waals surface area contributed by atoms with E-state index in [0.29, 0.717) is 23.4 Å². The first-order valence-corrected chi connectivity index (χ1v) is 3.53. The maximum atomic E-state index is 5.39. The van der Waals surface area contributed by atoms with Gasteiger partial charge in [0.1, 0.15) is 11.6 Å². The Labute approximate surface area is 73.1 Å². The number of hydrogen-bond donors (Lipinski definition) is 4. The molecule has 0 saturated carbocycles. The summed E-state index contributed by atoms with van der Waals surface area (Å²) in [6, 6.07) is 3.09. The summed E-state index contributed by atoms with van der Waals surface area (Å²) < 4.78 is 5.18. The molecule has 7 nitrogen and oxygen atoms in total. The molecule has 0 aliphatic heterocycles. The molecule has 0 fully saturated rings. The van der Waals surface area contributed by atoms with Crippen LogP contribution in [-0.4, -0.2) is 20.4 Å². The van der Waals surface area contributed by atoms with Gasteiger partial charge < -0.3 is 16.2 Å². The summed E-state index contributed by atoms with van der Waals surface area (Å²) in [5.41, 5.74) is 10.8. The number of H-pyrrole nitrogens is 2. The van der Waals surface area contributed by atoms with Gasteiger partial charge in [-0.25, -0.2) is 0 Å². The zero-order valence-corrected chi connectivity index (χ0v) is 6.61. The van der Waals surface area contributed by atoms with Crippen LogP contribution in [0.1, 0.15) is 0 Å². The molecule has 2 aromatic heterocycles. The quantitative estimate of drug-likeness (QED) is 0.522. The molecule has 2 rings (SSSR count). The van der Waals surface area contributed by atoms with E-state index in [9.17, 15) is 0 Å². The van der Waals surface area contributed by atoms with Gasteiger partial charge in [-0.2, -0.15) is 0 Å². The fourth-order valence-corrected chi connectivity index (χ4v) is 0.846. The predicted octanol–water partition coefficient (Wildman–Crippen LogP) is 0.0895. The lowest BCUT2D eigenvalue weighted by atomic mass is 10.6. The van der Waals surface area contributed by atoms with E-state index in [1.807, 2.05) is 0 Å². The predicted molar refractivity (Wildman–Crippen MR) is 46.1 cm³/mol. The smallest absolute Gasteiger partial charge is 0.242 e. The second-order valence-electron chi connectivity index (χ2n) is 2.43. The normalized spacial score (nSPS) is 10.2. The maximum absolute atomic E-state index is 5.39. The minimum Gasteiger partial charge on any atom is -0.417 e. The van der Waals surface area contributed by atoms with Crippen LogP contribution in [-0.2, 0) is 0 Å². The maximum Gasteiger partial charge on any atom is 0.242 e. The molecular formula is C6H8N6O. The second-order valence-corrected chi connectivity index (χ2v) is 2.43. The Balaban J connectivity index is 2.14. The first-order chi connectivity index (χ1) is 6.24. The van der Waals surface area contributed by atoms with Crippen molar-refractivity contribution in [3.05, 3.63) is 12.1 Å². The molecule has 0 bridgehead atoms. The van der Waals surface area contributed by atoms with Gasteiger partial charge in [0.15, 0.2) is 0 Å². The van der Waals surface area contributed by atoms with E-state index >= 15 is 0 Å². The molecule has 0 unspecified atom stereocenters. The highest BCUT2D eigenvalue weighted by Gasteiger charge is 2.03. The molecule has 7 heteroatoms. The van der Waals surface area contributed by atoms with E-state index in [1.165, 1.54) is 0 Å². The van der Waals surface area contributed by atoms with Gasteiger partial charge in [-0.3, -0.25) is 10.2 Å². The molecular weight excluding hydrogens is 172 g/mol. The number of anilines is 2. The van der Waals surface area contributed by atoms with Crippen LogP contribution in [0.25, 0.3) is 0 Å². The van der Waals surface area contributed by atoms with Gasteiger partial charge >= 0.3 is 0 Å². The Morgan fingerprint density at radius 3 is 1.77 bits per heavy atom. The van der Waals surface area contributed by atoms with Gasteiger partial charge in [0.2, 0.25) is 11.8 Å². The van der Waals surface area contributed by atoms with E-state index in [-0.39, 0.29) is 0 Å². The fourth-order valence-electron chi connectivity index (χ4n) is 0.846. The highest BCUT2D eigenvalue weighted by Crippen LogP contribution is 2.19. The number of hydrogen-bond acceptors (Lipinski definition) is 5. The number of aromatic amines is 2. The van der Waals surface area contributed by atoms with Crippen molar-refractivity contribution in [2.75, 3.05) is 11.5 Å². The number of aromatic nitrogens is 4. The van der Waals surface area contributed by atoms with Crippen molar-refractivity contribution in [2.24, 2.45) is 0 Å². The van der Waals surface area contributed by atoms with Crippen LogP contribution in [0.2, 0.25) is 0 Å². The molecule has 0 aromatic carbocycles. The number of rotatable bonds is 2. The van der Waals surface area contributed by atoms with E-state index in [4.69, 9.17) is 16.2 Å². The van der Waals surface area contributed by atoms with Crippen molar-refractivity contribution in [2.45, 2.75) is 0 Å². The molecule has 0 spiro atoms. The van der Waals surface area contributed by atoms with Crippen molar-refractivity contribution in [3.8, 4) is 11.8 Å². The third-order valence-electron chi connectivity index (χ3n) is 1.36. The van der Waals surface area contributed by atoms with Gasteiger partial charge in [0.25, 0.3) is 0 Å². The molecule has 2 heterocycles. The van der Waals surface area contributed by atoms with E-state index < -0.39 is 0 Å². The van der Waals surface area contributed by atoms with Gasteiger partial charge in [0.05, 0.1) is 0 Å². The molecule has 13 heavy (non-hydrogen) atoms. The van der Waals surface area contributed by atoms with Crippen LogP contribution in [0, 0.1) is 0 Å². The topological polar surface area (TPSA) is 119 Å².